The lowest BCUT2D eigenvalue weighted by molar-refractivity contribution is -0.126. The van der Waals surface area contributed by atoms with Gasteiger partial charge in [-0.15, -0.1) is 11.3 Å². The number of halogens is 1. The number of aryl methyl sites for hydroxylation is 2. The molecule has 1 N–H and O–H groups in total. The van der Waals surface area contributed by atoms with Gasteiger partial charge in [0, 0.05) is 18.9 Å². The predicted octanol–water partition coefficient (Wildman–Crippen LogP) is 4.21. The Balaban J connectivity index is 1.15. The Morgan fingerprint density at radius 3 is 2.90 bits per heavy atom. The molecule has 3 heterocycles. The Bertz CT molecular complexity index is 997. The van der Waals surface area contributed by atoms with Crippen molar-refractivity contribution < 1.29 is 13.7 Å². The maximum atomic E-state index is 13.6. The Hall–Kier alpha value is -2.58. The first-order valence-electron chi connectivity index (χ1n) is 10.7. The number of hydrogen-bond acceptors (Lipinski definition) is 6. The quantitative estimate of drug-likeness (QED) is 0.566. The van der Waals surface area contributed by atoms with E-state index < -0.39 is 0 Å². The molecule has 0 atom stereocenters. The van der Waals surface area contributed by atoms with Gasteiger partial charge in [-0.05, 0) is 74.5 Å². The Labute approximate surface area is 185 Å². The van der Waals surface area contributed by atoms with Crippen molar-refractivity contribution in [2.24, 2.45) is 5.92 Å². The van der Waals surface area contributed by atoms with E-state index in [0.717, 1.165) is 55.8 Å². The van der Waals surface area contributed by atoms with Crippen LogP contribution in [0.5, 0.6) is 0 Å². The Morgan fingerprint density at radius 2 is 2.16 bits per heavy atom. The number of benzene rings is 1. The molecule has 2 aromatic heterocycles. The van der Waals surface area contributed by atoms with Crippen LogP contribution in [0.1, 0.15) is 36.3 Å². The zero-order valence-corrected chi connectivity index (χ0v) is 18.5. The van der Waals surface area contributed by atoms with Crippen molar-refractivity contribution >= 4 is 17.2 Å². The number of nitrogens with one attached hydrogen (secondary N) is 1. The number of amides is 1. The highest BCUT2D eigenvalue weighted by Crippen LogP contribution is 2.22. The summed E-state index contributed by atoms with van der Waals surface area (Å²) in [6.07, 6.45) is 3.39. The van der Waals surface area contributed by atoms with Gasteiger partial charge >= 0.3 is 0 Å². The summed E-state index contributed by atoms with van der Waals surface area (Å²) in [5.41, 5.74) is 1.40. The molecule has 0 saturated carbocycles. The van der Waals surface area contributed by atoms with E-state index in [1.54, 1.807) is 24.3 Å². The smallest absolute Gasteiger partial charge is 0.227 e. The third-order valence-corrected chi connectivity index (χ3v) is 6.60. The van der Waals surface area contributed by atoms with Crippen LogP contribution in [0.2, 0.25) is 0 Å². The molecule has 0 spiro atoms. The van der Waals surface area contributed by atoms with Crippen molar-refractivity contribution in [1.82, 2.24) is 20.4 Å². The van der Waals surface area contributed by atoms with Crippen molar-refractivity contribution in [2.45, 2.75) is 39.2 Å². The third kappa shape index (κ3) is 5.77. The molecule has 1 saturated heterocycles. The molecule has 3 aromatic rings. The average Bonchev–Trinajstić information content (AvgIpc) is 3.47. The molecule has 1 aliphatic heterocycles. The topological polar surface area (TPSA) is 71.3 Å². The zero-order chi connectivity index (χ0) is 21.6. The minimum Gasteiger partial charge on any atom is -0.352 e. The summed E-state index contributed by atoms with van der Waals surface area (Å²) in [6.45, 7) is 4.86. The van der Waals surface area contributed by atoms with Crippen molar-refractivity contribution in [3.05, 3.63) is 58.5 Å². The highest BCUT2D eigenvalue weighted by molar-refractivity contribution is 7.13. The summed E-state index contributed by atoms with van der Waals surface area (Å²) >= 11 is 1.60. The van der Waals surface area contributed by atoms with Gasteiger partial charge in [-0.1, -0.05) is 23.4 Å². The number of piperidine rings is 1. The van der Waals surface area contributed by atoms with E-state index in [0.29, 0.717) is 23.8 Å². The van der Waals surface area contributed by atoms with E-state index in [1.165, 1.54) is 6.07 Å². The zero-order valence-electron chi connectivity index (χ0n) is 17.6. The number of hydrogen-bond donors (Lipinski definition) is 1. The van der Waals surface area contributed by atoms with Crippen LogP contribution in [0.15, 0.2) is 40.2 Å². The second-order valence-electron chi connectivity index (χ2n) is 8.01. The SMILES string of the molecule is Cc1ccc(CNC(=O)C2CCN(CCCc3nc(-c4cccs4)no3)CC2)cc1F. The molecule has 6 nitrogen and oxygen atoms in total. The molecular weight excluding hydrogens is 415 g/mol. The van der Waals surface area contributed by atoms with Gasteiger partial charge in [0.15, 0.2) is 0 Å². The van der Waals surface area contributed by atoms with Crippen LogP contribution in [0.3, 0.4) is 0 Å². The van der Waals surface area contributed by atoms with Crippen LogP contribution >= 0.6 is 11.3 Å². The second-order valence-corrected chi connectivity index (χ2v) is 8.96. The van der Waals surface area contributed by atoms with E-state index in [-0.39, 0.29) is 17.6 Å². The van der Waals surface area contributed by atoms with Crippen LogP contribution in [0.4, 0.5) is 4.39 Å². The molecule has 0 radical (unpaired) electrons. The van der Waals surface area contributed by atoms with Crippen LogP contribution < -0.4 is 5.32 Å². The number of rotatable bonds is 8. The van der Waals surface area contributed by atoms with Crippen LogP contribution in [-0.2, 0) is 17.8 Å². The van der Waals surface area contributed by atoms with E-state index in [4.69, 9.17) is 4.52 Å². The van der Waals surface area contributed by atoms with Crippen molar-refractivity contribution in [2.75, 3.05) is 19.6 Å². The van der Waals surface area contributed by atoms with Gasteiger partial charge in [0.05, 0.1) is 4.88 Å². The Kier molecular flexibility index (Phi) is 7.09. The molecule has 164 valence electrons. The summed E-state index contributed by atoms with van der Waals surface area (Å²) in [7, 11) is 0. The van der Waals surface area contributed by atoms with Gasteiger partial charge in [-0.25, -0.2) is 4.39 Å². The average molecular weight is 443 g/mol. The molecule has 1 amide bonds. The van der Waals surface area contributed by atoms with Gasteiger partial charge in [0.25, 0.3) is 0 Å². The molecule has 31 heavy (non-hydrogen) atoms. The molecular formula is C23H27FN4O2S. The summed E-state index contributed by atoms with van der Waals surface area (Å²) in [4.78, 5) is 20.3. The van der Waals surface area contributed by atoms with Gasteiger partial charge in [0.1, 0.15) is 5.82 Å². The fourth-order valence-electron chi connectivity index (χ4n) is 3.81. The van der Waals surface area contributed by atoms with Gasteiger partial charge in [0.2, 0.25) is 17.6 Å². The van der Waals surface area contributed by atoms with Gasteiger partial charge < -0.3 is 14.7 Å². The molecule has 1 aromatic carbocycles. The maximum Gasteiger partial charge on any atom is 0.227 e. The number of aromatic nitrogens is 2. The number of likely N-dealkylation sites (tertiary alicyclic amines) is 1. The normalized spacial score (nSPS) is 15.3. The summed E-state index contributed by atoms with van der Waals surface area (Å²) in [6, 6.07) is 9.05. The van der Waals surface area contributed by atoms with Crippen molar-refractivity contribution in [1.29, 1.82) is 0 Å². The lowest BCUT2D eigenvalue weighted by Gasteiger charge is -2.31. The molecule has 1 aliphatic rings. The standard InChI is InChI=1S/C23H27FN4O2S/c1-16-6-7-17(14-19(16)24)15-25-23(29)18-8-11-28(12-9-18)10-2-5-21-26-22(27-30-21)20-4-3-13-31-20/h3-4,6-7,13-14,18H,2,5,8-12,15H2,1H3,(H,25,29). The first kappa shape index (κ1) is 21.6. The van der Waals surface area contributed by atoms with Gasteiger partial charge in [-0.2, -0.15) is 4.98 Å². The Morgan fingerprint density at radius 1 is 1.32 bits per heavy atom. The van der Waals surface area contributed by atoms with E-state index >= 15 is 0 Å². The van der Waals surface area contributed by atoms with E-state index in [9.17, 15) is 9.18 Å². The minimum atomic E-state index is -0.233. The summed E-state index contributed by atoms with van der Waals surface area (Å²) < 4.78 is 19.0. The molecule has 1 fully saturated rings. The summed E-state index contributed by atoms with van der Waals surface area (Å²) in [5, 5.41) is 9.00. The van der Waals surface area contributed by atoms with Crippen LogP contribution in [-0.4, -0.2) is 40.6 Å². The number of carbonyl (C=O) groups is 1. The highest BCUT2D eigenvalue weighted by atomic mass is 32.1. The fraction of sp³-hybridized carbons (Fsp3) is 0.435. The summed E-state index contributed by atoms with van der Waals surface area (Å²) in [5.74, 6) is 1.18. The van der Waals surface area contributed by atoms with Crippen LogP contribution in [0, 0.1) is 18.7 Å². The number of nitrogens with zero attached hydrogens (tertiary/aromatic N) is 3. The van der Waals surface area contributed by atoms with Gasteiger partial charge in [-0.3, -0.25) is 4.79 Å². The highest BCUT2D eigenvalue weighted by Gasteiger charge is 2.24. The largest absolute Gasteiger partial charge is 0.352 e. The molecule has 8 heteroatoms. The lowest BCUT2D eigenvalue weighted by atomic mass is 9.95. The third-order valence-electron chi connectivity index (χ3n) is 5.74. The maximum absolute atomic E-state index is 13.6. The predicted molar refractivity (Wildman–Crippen MR) is 118 cm³/mol. The van der Waals surface area contributed by atoms with E-state index in [1.807, 2.05) is 23.6 Å². The lowest BCUT2D eigenvalue weighted by Crippen LogP contribution is -2.40. The first-order valence-corrected chi connectivity index (χ1v) is 11.6. The first-order chi connectivity index (χ1) is 15.1. The monoisotopic (exact) mass is 442 g/mol. The molecule has 0 bridgehead atoms. The molecule has 0 unspecified atom stereocenters. The number of carbonyl (C=O) groups excluding carboxylic acids is 1. The molecule has 4 rings (SSSR count). The van der Waals surface area contributed by atoms with E-state index in [2.05, 4.69) is 20.4 Å². The number of thiophene rings is 1. The van der Waals surface area contributed by atoms with Crippen molar-refractivity contribution in [3.8, 4) is 10.7 Å². The molecule has 0 aliphatic carbocycles. The second kappa shape index (κ2) is 10.2. The fourth-order valence-corrected chi connectivity index (χ4v) is 4.46. The van der Waals surface area contributed by atoms with Crippen molar-refractivity contribution in [3.63, 3.8) is 0 Å². The minimum absolute atomic E-state index is 0.0239. The van der Waals surface area contributed by atoms with Crippen LogP contribution in [0.25, 0.3) is 10.7 Å².